The number of methoxy groups -OCH3 is 1. The van der Waals surface area contributed by atoms with Crippen molar-refractivity contribution in [3.63, 3.8) is 0 Å². The number of nitrogens with one attached hydrogen (secondary N) is 1. The quantitative estimate of drug-likeness (QED) is 0.493. The van der Waals surface area contributed by atoms with E-state index >= 15 is 0 Å². The molecule has 0 saturated carbocycles. The van der Waals surface area contributed by atoms with Gasteiger partial charge in [0.05, 0.1) is 22.7 Å². The summed E-state index contributed by atoms with van der Waals surface area (Å²) in [6.45, 7) is 2.24. The lowest BCUT2D eigenvalue weighted by Crippen LogP contribution is -2.34. The Balaban J connectivity index is 2.69. The third-order valence-electron chi connectivity index (χ3n) is 2.54. The Hall–Kier alpha value is -1.93. The first-order chi connectivity index (χ1) is 8.84. The maximum atomic E-state index is 10.7. The van der Waals surface area contributed by atoms with Crippen molar-refractivity contribution in [3.8, 4) is 0 Å². The smallest absolute Gasteiger partial charge is 0.276 e. The molecule has 1 aromatic heterocycles. The molecule has 1 atom stereocenters. The van der Waals surface area contributed by atoms with Crippen LogP contribution in [0, 0.1) is 10.1 Å². The summed E-state index contributed by atoms with van der Waals surface area (Å²) in [5.74, 6) is 0.303. The molecule has 0 radical (unpaired) electrons. The first-order valence-electron chi connectivity index (χ1n) is 5.71. The number of nitro groups is 1. The van der Waals surface area contributed by atoms with Crippen LogP contribution < -0.4 is 11.1 Å². The number of pyridine rings is 1. The molecule has 0 fully saturated rings. The normalized spacial score (nSPS) is 13.8. The molecule has 0 amide bonds. The number of nitrogens with two attached hydrogens (primary N) is 1. The lowest BCUT2D eigenvalue weighted by molar-refractivity contribution is -0.384. The van der Waals surface area contributed by atoms with Crippen LogP contribution in [0.3, 0.4) is 0 Å². The highest BCUT2D eigenvalue weighted by molar-refractivity contribution is 5.52. The summed E-state index contributed by atoms with van der Waals surface area (Å²) in [6, 6.07) is 2.44. The van der Waals surface area contributed by atoms with Gasteiger partial charge in [0.2, 0.25) is 0 Å². The molecule has 0 bridgehead atoms. The number of rotatable bonds is 7. The van der Waals surface area contributed by atoms with Crippen LogP contribution in [-0.2, 0) is 4.74 Å². The van der Waals surface area contributed by atoms with Gasteiger partial charge in [0.1, 0.15) is 11.6 Å². The summed E-state index contributed by atoms with van der Waals surface area (Å²) in [5, 5.41) is 23.5. The third-order valence-corrected chi connectivity index (χ3v) is 2.54. The van der Waals surface area contributed by atoms with E-state index in [9.17, 15) is 15.2 Å². The standard InChI is InChI=1S/C11H18N4O4/c1-11(16,3-4-19-2)7-13-10-6-8(15(17)18)5-9(12)14-10/h5-6,16H,3-4,7H2,1-2H3,(H3,12,13,14). The summed E-state index contributed by atoms with van der Waals surface area (Å²) >= 11 is 0. The molecule has 106 valence electrons. The molecule has 0 saturated heterocycles. The van der Waals surface area contributed by atoms with Gasteiger partial charge in [-0.15, -0.1) is 0 Å². The van der Waals surface area contributed by atoms with Crippen molar-refractivity contribution in [2.45, 2.75) is 18.9 Å². The number of hydrogen-bond donors (Lipinski definition) is 3. The number of nitrogen functional groups attached to an aromatic ring is 1. The Bertz CT molecular complexity index is 450. The fourth-order valence-corrected chi connectivity index (χ4v) is 1.42. The Morgan fingerprint density at radius 2 is 2.32 bits per heavy atom. The highest BCUT2D eigenvalue weighted by Gasteiger charge is 2.20. The van der Waals surface area contributed by atoms with E-state index in [4.69, 9.17) is 10.5 Å². The monoisotopic (exact) mass is 270 g/mol. The van der Waals surface area contributed by atoms with Crippen LogP contribution in [0.4, 0.5) is 17.3 Å². The number of nitrogens with zero attached hydrogens (tertiary/aromatic N) is 2. The Morgan fingerprint density at radius 3 is 2.89 bits per heavy atom. The maximum Gasteiger partial charge on any atom is 0.276 e. The van der Waals surface area contributed by atoms with Crippen molar-refractivity contribution in [3.05, 3.63) is 22.2 Å². The van der Waals surface area contributed by atoms with Crippen molar-refractivity contribution < 1.29 is 14.8 Å². The topological polar surface area (TPSA) is 124 Å². The zero-order valence-corrected chi connectivity index (χ0v) is 10.9. The molecular formula is C11H18N4O4. The average molecular weight is 270 g/mol. The van der Waals surface area contributed by atoms with Crippen molar-refractivity contribution in [2.24, 2.45) is 0 Å². The van der Waals surface area contributed by atoms with E-state index in [2.05, 4.69) is 10.3 Å². The molecule has 0 aliphatic rings. The highest BCUT2D eigenvalue weighted by atomic mass is 16.6. The molecule has 0 spiro atoms. The van der Waals surface area contributed by atoms with Crippen molar-refractivity contribution in [2.75, 3.05) is 31.3 Å². The van der Waals surface area contributed by atoms with E-state index in [1.54, 1.807) is 14.0 Å². The minimum absolute atomic E-state index is 0.0493. The minimum atomic E-state index is -1.00. The van der Waals surface area contributed by atoms with E-state index in [1.165, 1.54) is 12.1 Å². The molecule has 19 heavy (non-hydrogen) atoms. The van der Waals surface area contributed by atoms with E-state index in [-0.39, 0.29) is 23.9 Å². The van der Waals surface area contributed by atoms with Gasteiger partial charge < -0.3 is 20.9 Å². The summed E-state index contributed by atoms with van der Waals surface area (Å²) in [6.07, 6.45) is 0.431. The zero-order chi connectivity index (χ0) is 14.5. The van der Waals surface area contributed by atoms with Gasteiger partial charge in [-0.05, 0) is 6.92 Å². The van der Waals surface area contributed by atoms with Crippen molar-refractivity contribution >= 4 is 17.3 Å². The van der Waals surface area contributed by atoms with Crippen LogP contribution >= 0.6 is 0 Å². The first kappa shape index (κ1) is 15.1. The van der Waals surface area contributed by atoms with Crippen LogP contribution in [-0.4, -0.2) is 40.9 Å². The molecule has 0 aromatic carbocycles. The Kier molecular flexibility index (Phi) is 5.02. The number of ether oxygens (including phenoxy) is 1. The summed E-state index contributed by atoms with van der Waals surface area (Å²) in [4.78, 5) is 14.0. The van der Waals surface area contributed by atoms with Gasteiger partial charge in [0.25, 0.3) is 5.69 Å². The molecule has 8 nitrogen and oxygen atoms in total. The van der Waals surface area contributed by atoms with Crippen LogP contribution in [0.2, 0.25) is 0 Å². The van der Waals surface area contributed by atoms with Gasteiger partial charge in [-0.1, -0.05) is 0 Å². The Morgan fingerprint density at radius 1 is 1.63 bits per heavy atom. The summed E-state index contributed by atoms with van der Waals surface area (Å²) < 4.78 is 4.89. The largest absolute Gasteiger partial charge is 0.388 e. The predicted octanol–water partition coefficient (Wildman–Crippen LogP) is 0.771. The number of anilines is 2. The second-order valence-corrected chi connectivity index (χ2v) is 4.49. The van der Waals surface area contributed by atoms with Crippen LogP contribution in [0.1, 0.15) is 13.3 Å². The molecule has 8 heteroatoms. The lowest BCUT2D eigenvalue weighted by atomic mass is 10.0. The summed E-state index contributed by atoms with van der Waals surface area (Å²) in [7, 11) is 1.55. The molecule has 4 N–H and O–H groups in total. The second-order valence-electron chi connectivity index (χ2n) is 4.49. The zero-order valence-electron chi connectivity index (χ0n) is 10.9. The molecular weight excluding hydrogens is 252 g/mol. The van der Waals surface area contributed by atoms with Gasteiger partial charge in [0.15, 0.2) is 0 Å². The number of hydrogen-bond acceptors (Lipinski definition) is 7. The van der Waals surface area contributed by atoms with Gasteiger partial charge in [-0.25, -0.2) is 4.98 Å². The number of aromatic nitrogens is 1. The molecule has 1 unspecified atom stereocenters. The first-order valence-corrected chi connectivity index (χ1v) is 5.71. The maximum absolute atomic E-state index is 10.7. The third kappa shape index (κ3) is 5.06. The van der Waals surface area contributed by atoms with E-state index in [1.807, 2.05) is 0 Å². The molecule has 0 aliphatic carbocycles. The van der Waals surface area contributed by atoms with Crippen molar-refractivity contribution in [1.82, 2.24) is 4.98 Å². The molecule has 1 heterocycles. The highest BCUT2D eigenvalue weighted by Crippen LogP contribution is 2.19. The van der Waals surface area contributed by atoms with Gasteiger partial charge in [0, 0.05) is 26.7 Å². The lowest BCUT2D eigenvalue weighted by Gasteiger charge is -2.23. The van der Waals surface area contributed by atoms with E-state index < -0.39 is 10.5 Å². The Labute approximate surface area is 110 Å². The van der Waals surface area contributed by atoms with Crippen LogP contribution in [0.15, 0.2) is 12.1 Å². The van der Waals surface area contributed by atoms with E-state index in [0.29, 0.717) is 13.0 Å². The second kappa shape index (κ2) is 6.30. The molecule has 1 aromatic rings. The van der Waals surface area contributed by atoms with Crippen molar-refractivity contribution in [1.29, 1.82) is 0 Å². The minimum Gasteiger partial charge on any atom is -0.388 e. The predicted molar refractivity (Wildman–Crippen MR) is 70.9 cm³/mol. The fourth-order valence-electron chi connectivity index (χ4n) is 1.42. The van der Waals surface area contributed by atoms with Crippen LogP contribution in [0.25, 0.3) is 0 Å². The van der Waals surface area contributed by atoms with Gasteiger partial charge in [-0.2, -0.15) is 0 Å². The SMILES string of the molecule is COCCC(C)(O)CNc1cc([N+](=O)[O-])cc(N)n1. The van der Waals surface area contributed by atoms with E-state index in [0.717, 1.165) is 0 Å². The van der Waals surface area contributed by atoms with Crippen LogP contribution in [0.5, 0.6) is 0 Å². The van der Waals surface area contributed by atoms with Gasteiger partial charge >= 0.3 is 0 Å². The number of aliphatic hydroxyl groups is 1. The summed E-state index contributed by atoms with van der Waals surface area (Å²) in [5.41, 5.74) is 4.33. The fraction of sp³-hybridized carbons (Fsp3) is 0.545. The molecule has 1 rings (SSSR count). The average Bonchev–Trinajstić information content (AvgIpc) is 2.33. The molecule has 0 aliphatic heterocycles. The van der Waals surface area contributed by atoms with Gasteiger partial charge in [-0.3, -0.25) is 10.1 Å².